The SMILES string of the molecule is O=S(=O)(Nc1cc2c(cc1Cl)OCCCO2)c1ccc(Cl)cc1. The van der Waals surface area contributed by atoms with E-state index in [2.05, 4.69) is 4.72 Å². The van der Waals surface area contributed by atoms with Crippen LogP contribution in [0.1, 0.15) is 6.42 Å². The number of anilines is 1. The lowest BCUT2D eigenvalue weighted by atomic mass is 10.3. The number of fused-ring (bicyclic) bond motifs is 1. The Kier molecular flexibility index (Phi) is 4.57. The van der Waals surface area contributed by atoms with Gasteiger partial charge in [0.2, 0.25) is 0 Å². The molecule has 1 aliphatic heterocycles. The highest BCUT2D eigenvalue weighted by molar-refractivity contribution is 7.92. The van der Waals surface area contributed by atoms with Crippen LogP contribution in [0.4, 0.5) is 5.69 Å². The minimum atomic E-state index is -3.78. The first-order chi connectivity index (χ1) is 11.0. The molecule has 0 fully saturated rings. The molecule has 5 nitrogen and oxygen atoms in total. The van der Waals surface area contributed by atoms with E-state index in [1.807, 2.05) is 0 Å². The molecule has 1 aliphatic rings. The van der Waals surface area contributed by atoms with Gasteiger partial charge in [0.25, 0.3) is 10.0 Å². The molecular weight excluding hydrogens is 361 g/mol. The molecule has 2 aromatic rings. The Labute approximate surface area is 144 Å². The summed E-state index contributed by atoms with van der Waals surface area (Å²) < 4.78 is 38.3. The minimum absolute atomic E-state index is 0.0880. The van der Waals surface area contributed by atoms with Gasteiger partial charge in [-0.2, -0.15) is 0 Å². The van der Waals surface area contributed by atoms with E-state index in [-0.39, 0.29) is 15.6 Å². The Balaban J connectivity index is 1.93. The zero-order valence-electron chi connectivity index (χ0n) is 11.9. The third-order valence-corrected chi connectivity index (χ3v) is 5.15. The number of hydrogen-bond acceptors (Lipinski definition) is 4. The van der Waals surface area contributed by atoms with E-state index in [0.29, 0.717) is 29.7 Å². The summed E-state index contributed by atoms with van der Waals surface area (Å²) in [5.41, 5.74) is 0.228. The van der Waals surface area contributed by atoms with E-state index < -0.39 is 10.0 Å². The Morgan fingerprint density at radius 3 is 2.22 bits per heavy atom. The van der Waals surface area contributed by atoms with Gasteiger partial charge in [-0.1, -0.05) is 23.2 Å². The Hall–Kier alpha value is -1.63. The number of hydrogen-bond donors (Lipinski definition) is 1. The van der Waals surface area contributed by atoms with Crippen molar-refractivity contribution in [2.24, 2.45) is 0 Å². The average Bonchev–Trinajstić information content (AvgIpc) is 2.73. The van der Waals surface area contributed by atoms with E-state index in [4.69, 9.17) is 32.7 Å². The number of nitrogens with one attached hydrogen (secondary N) is 1. The van der Waals surface area contributed by atoms with E-state index in [1.165, 1.54) is 30.3 Å². The highest BCUT2D eigenvalue weighted by Crippen LogP contribution is 2.38. The van der Waals surface area contributed by atoms with E-state index in [1.54, 1.807) is 6.07 Å². The van der Waals surface area contributed by atoms with Gasteiger partial charge in [-0.15, -0.1) is 0 Å². The molecule has 0 saturated heterocycles. The molecule has 0 atom stereocenters. The second kappa shape index (κ2) is 6.47. The summed E-state index contributed by atoms with van der Waals surface area (Å²) >= 11 is 11.9. The number of benzene rings is 2. The third-order valence-electron chi connectivity index (χ3n) is 3.21. The van der Waals surface area contributed by atoms with Crippen LogP contribution in [-0.4, -0.2) is 21.6 Å². The molecule has 0 saturated carbocycles. The van der Waals surface area contributed by atoms with Crippen molar-refractivity contribution < 1.29 is 17.9 Å². The lowest BCUT2D eigenvalue weighted by Crippen LogP contribution is -2.13. The molecule has 8 heteroatoms. The number of rotatable bonds is 3. The fourth-order valence-corrected chi connectivity index (χ4v) is 3.53. The maximum Gasteiger partial charge on any atom is 0.261 e. The highest BCUT2D eigenvalue weighted by atomic mass is 35.5. The summed E-state index contributed by atoms with van der Waals surface area (Å²) in [6.07, 6.45) is 0.748. The Morgan fingerprint density at radius 2 is 1.57 bits per heavy atom. The molecule has 0 spiro atoms. The smallest absolute Gasteiger partial charge is 0.261 e. The first-order valence-corrected chi connectivity index (χ1v) is 9.07. The van der Waals surface area contributed by atoms with Crippen LogP contribution in [0.5, 0.6) is 11.5 Å². The molecule has 0 unspecified atom stereocenters. The molecule has 0 radical (unpaired) electrons. The lowest BCUT2D eigenvalue weighted by Gasteiger charge is -2.13. The summed E-state index contributed by atoms with van der Waals surface area (Å²) in [7, 11) is -3.78. The van der Waals surface area contributed by atoms with Gasteiger partial charge in [-0.05, 0) is 24.3 Å². The summed E-state index contributed by atoms with van der Waals surface area (Å²) in [4.78, 5) is 0.0880. The first kappa shape index (κ1) is 16.2. The molecule has 0 aliphatic carbocycles. The van der Waals surface area contributed by atoms with Crippen molar-refractivity contribution in [2.75, 3.05) is 17.9 Å². The highest BCUT2D eigenvalue weighted by Gasteiger charge is 2.19. The van der Waals surface area contributed by atoms with Crippen molar-refractivity contribution in [3.63, 3.8) is 0 Å². The molecule has 122 valence electrons. The lowest BCUT2D eigenvalue weighted by molar-refractivity contribution is 0.297. The van der Waals surface area contributed by atoms with Crippen molar-refractivity contribution in [3.8, 4) is 11.5 Å². The quantitative estimate of drug-likeness (QED) is 0.884. The van der Waals surface area contributed by atoms with Crippen LogP contribution in [0.25, 0.3) is 0 Å². The van der Waals surface area contributed by atoms with Gasteiger partial charge in [-0.25, -0.2) is 8.42 Å². The van der Waals surface area contributed by atoms with E-state index in [9.17, 15) is 8.42 Å². The normalized spacial score (nSPS) is 14.2. The predicted molar refractivity (Wildman–Crippen MR) is 89.3 cm³/mol. The van der Waals surface area contributed by atoms with Crippen LogP contribution in [0.2, 0.25) is 10.0 Å². The summed E-state index contributed by atoms with van der Waals surface area (Å²) in [6.45, 7) is 1.02. The van der Waals surface area contributed by atoms with E-state index in [0.717, 1.165) is 6.42 Å². The topological polar surface area (TPSA) is 64.6 Å². The van der Waals surface area contributed by atoms with Crippen LogP contribution >= 0.6 is 23.2 Å². The van der Waals surface area contributed by atoms with Gasteiger partial charge in [0.05, 0.1) is 28.8 Å². The van der Waals surface area contributed by atoms with Gasteiger partial charge in [-0.3, -0.25) is 4.72 Å². The van der Waals surface area contributed by atoms with E-state index >= 15 is 0 Å². The summed E-state index contributed by atoms with van der Waals surface area (Å²) in [6, 6.07) is 8.92. The summed E-state index contributed by atoms with van der Waals surface area (Å²) in [5, 5.41) is 0.685. The maximum atomic E-state index is 12.4. The molecule has 0 aromatic heterocycles. The number of halogens is 2. The third kappa shape index (κ3) is 3.65. The number of ether oxygens (including phenoxy) is 2. The second-order valence-electron chi connectivity index (χ2n) is 4.89. The van der Waals surface area contributed by atoms with Crippen LogP contribution in [0.15, 0.2) is 41.3 Å². The Morgan fingerprint density at radius 1 is 0.957 bits per heavy atom. The van der Waals surface area contributed by atoms with Crippen LogP contribution in [0, 0.1) is 0 Å². The molecular formula is C15H13Cl2NO4S. The molecule has 3 rings (SSSR count). The van der Waals surface area contributed by atoms with Crippen molar-refractivity contribution >= 4 is 38.9 Å². The van der Waals surface area contributed by atoms with Crippen LogP contribution < -0.4 is 14.2 Å². The predicted octanol–water partition coefficient (Wildman–Crippen LogP) is 3.96. The largest absolute Gasteiger partial charge is 0.490 e. The van der Waals surface area contributed by atoms with Gasteiger partial charge in [0.15, 0.2) is 11.5 Å². The monoisotopic (exact) mass is 373 g/mol. The summed E-state index contributed by atoms with van der Waals surface area (Å²) in [5.74, 6) is 0.961. The van der Waals surface area contributed by atoms with Crippen molar-refractivity contribution in [2.45, 2.75) is 11.3 Å². The first-order valence-electron chi connectivity index (χ1n) is 6.83. The van der Waals surface area contributed by atoms with Gasteiger partial charge in [0.1, 0.15) is 0 Å². The van der Waals surface area contributed by atoms with Gasteiger partial charge in [0, 0.05) is 23.6 Å². The zero-order chi connectivity index (χ0) is 16.4. The fourth-order valence-electron chi connectivity index (χ4n) is 2.08. The van der Waals surface area contributed by atoms with Crippen molar-refractivity contribution in [1.29, 1.82) is 0 Å². The number of sulfonamides is 1. The van der Waals surface area contributed by atoms with Gasteiger partial charge < -0.3 is 9.47 Å². The average molecular weight is 374 g/mol. The van der Waals surface area contributed by atoms with Gasteiger partial charge >= 0.3 is 0 Å². The molecule has 2 aromatic carbocycles. The van der Waals surface area contributed by atoms with Crippen LogP contribution in [0.3, 0.4) is 0 Å². The van der Waals surface area contributed by atoms with Crippen molar-refractivity contribution in [1.82, 2.24) is 0 Å². The van der Waals surface area contributed by atoms with Crippen LogP contribution in [-0.2, 0) is 10.0 Å². The maximum absolute atomic E-state index is 12.4. The molecule has 23 heavy (non-hydrogen) atoms. The minimum Gasteiger partial charge on any atom is -0.490 e. The standard InChI is InChI=1S/C15H13Cl2NO4S/c16-10-2-4-11(5-3-10)23(19,20)18-13-9-15-14(8-12(13)17)21-6-1-7-22-15/h2-5,8-9,18H,1,6-7H2. The van der Waals surface area contributed by atoms with Crippen molar-refractivity contribution in [3.05, 3.63) is 46.4 Å². The second-order valence-corrected chi connectivity index (χ2v) is 7.41. The molecule has 0 amide bonds. The Bertz CT molecular complexity index is 822. The molecule has 1 N–H and O–H groups in total. The zero-order valence-corrected chi connectivity index (χ0v) is 14.2. The molecule has 0 bridgehead atoms. The molecule has 1 heterocycles. The fraction of sp³-hybridized carbons (Fsp3) is 0.200.